The maximum Gasteiger partial charge on any atom is 0.0940 e. The first kappa shape index (κ1) is 12.6. The number of aromatic nitrogens is 1. The SMILES string of the molecule is Cc1csc(CCNCC2CNc3ccccc32)n1. The second-order valence-corrected chi connectivity index (χ2v) is 5.94. The molecule has 0 saturated heterocycles. The minimum Gasteiger partial charge on any atom is -0.384 e. The lowest BCUT2D eigenvalue weighted by Crippen LogP contribution is -2.24. The fourth-order valence-corrected chi connectivity index (χ4v) is 3.30. The Hall–Kier alpha value is -1.39. The maximum atomic E-state index is 4.48. The van der Waals surface area contributed by atoms with E-state index in [0.717, 1.165) is 31.7 Å². The highest BCUT2D eigenvalue weighted by Gasteiger charge is 2.20. The second-order valence-electron chi connectivity index (χ2n) is 5.00. The van der Waals surface area contributed by atoms with E-state index in [4.69, 9.17) is 0 Å². The van der Waals surface area contributed by atoms with Crippen LogP contribution >= 0.6 is 11.3 Å². The van der Waals surface area contributed by atoms with E-state index in [-0.39, 0.29) is 0 Å². The van der Waals surface area contributed by atoms with Crippen LogP contribution in [0, 0.1) is 6.92 Å². The molecule has 0 radical (unpaired) electrons. The molecule has 2 heterocycles. The number of para-hydroxylation sites is 1. The summed E-state index contributed by atoms with van der Waals surface area (Å²) in [6.45, 7) is 5.14. The summed E-state index contributed by atoms with van der Waals surface area (Å²) in [6, 6.07) is 8.60. The second kappa shape index (κ2) is 5.72. The number of fused-ring (bicyclic) bond motifs is 1. The molecule has 3 nitrogen and oxygen atoms in total. The van der Waals surface area contributed by atoms with E-state index in [1.54, 1.807) is 11.3 Å². The lowest BCUT2D eigenvalue weighted by molar-refractivity contribution is 0.612. The van der Waals surface area contributed by atoms with Gasteiger partial charge in [0.05, 0.1) is 5.01 Å². The van der Waals surface area contributed by atoms with Gasteiger partial charge in [-0.05, 0) is 18.6 Å². The first-order valence-electron chi connectivity index (χ1n) is 6.77. The first-order chi connectivity index (χ1) is 9.33. The average Bonchev–Trinajstić information content (AvgIpc) is 3.02. The van der Waals surface area contributed by atoms with Crippen LogP contribution < -0.4 is 10.6 Å². The van der Waals surface area contributed by atoms with Crippen LogP contribution in [0.4, 0.5) is 5.69 Å². The molecule has 1 aromatic carbocycles. The van der Waals surface area contributed by atoms with Crippen molar-refractivity contribution in [1.29, 1.82) is 0 Å². The summed E-state index contributed by atoms with van der Waals surface area (Å²) in [7, 11) is 0. The minimum atomic E-state index is 0.592. The Labute approximate surface area is 118 Å². The molecule has 0 aliphatic carbocycles. The Morgan fingerprint density at radius 2 is 2.32 bits per heavy atom. The molecule has 1 aromatic heterocycles. The first-order valence-corrected chi connectivity index (χ1v) is 7.65. The lowest BCUT2D eigenvalue weighted by Gasteiger charge is -2.11. The Morgan fingerprint density at radius 3 is 3.16 bits per heavy atom. The van der Waals surface area contributed by atoms with Crippen molar-refractivity contribution in [3.05, 3.63) is 45.9 Å². The molecule has 2 N–H and O–H groups in total. The van der Waals surface area contributed by atoms with E-state index in [1.807, 2.05) is 0 Å². The maximum absolute atomic E-state index is 4.48. The van der Waals surface area contributed by atoms with Crippen molar-refractivity contribution in [2.24, 2.45) is 0 Å². The zero-order valence-electron chi connectivity index (χ0n) is 11.1. The van der Waals surface area contributed by atoms with E-state index in [1.165, 1.54) is 16.3 Å². The number of nitrogens with zero attached hydrogens (tertiary/aromatic N) is 1. The molecule has 0 bridgehead atoms. The van der Waals surface area contributed by atoms with E-state index in [2.05, 4.69) is 52.2 Å². The van der Waals surface area contributed by atoms with Crippen LogP contribution in [0.5, 0.6) is 0 Å². The van der Waals surface area contributed by atoms with Gasteiger partial charge in [-0.15, -0.1) is 11.3 Å². The number of thiazole rings is 1. The molecule has 100 valence electrons. The third-order valence-electron chi connectivity index (χ3n) is 3.51. The number of anilines is 1. The predicted molar refractivity (Wildman–Crippen MR) is 81.1 cm³/mol. The summed E-state index contributed by atoms with van der Waals surface area (Å²) in [4.78, 5) is 4.48. The van der Waals surface area contributed by atoms with Gasteiger partial charge in [-0.1, -0.05) is 18.2 Å². The van der Waals surface area contributed by atoms with Crippen molar-refractivity contribution in [3.8, 4) is 0 Å². The number of benzene rings is 1. The van der Waals surface area contributed by atoms with Gasteiger partial charge >= 0.3 is 0 Å². The van der Waals surface area contributed by atoms with Crippen LogP contribution in [0.25, 0.3) is 0 Å². The Kier molecular flexibility index (Phi) is 3.80. The van der Waals surface area contributed by atoms with Gasteiger partial charge in [0.2, 0.25) is 0 Å². The van der Waals surface area contributed by atoms with Crippen LogP contribution in [0.1, 0.15) is 22.2 Å². The molecular weight excluding hydrogens is 254 g/mol. The quantitative estimate of drug-likeness (QED) is 0.823. The number of aryl methyl sites for hydroxylation is 1. The van der Waals surface area contributed by atoms with Gasteiger partial charge in [0.1, 0.15) is 0 Å². The van der Waals surface area contributed by atoms with Gasteiger partial charge in [0.25, 0.3) is 0 Å². The fourth-order valence-electron chi connectivity index (χ4n) is 2.53. The molecule has 0 saturated carbocycles. The molecular formula is C15H19N3S. The molecule has 4 heteroatoms. The molecule has 1 aliphatic rings. The summed E-state index contributed by atoms with van der Waals surface area (Å²) in [5.41, 5.74) is 3.87. The van der Waals surface area contributed by atoms with Crippen LogP contribution in [0.15, 0.2) is 29.6 Å². The smallest absolute Gasteiger partial charge is 0.0940 e. The third kappa shape index (κ3) is 2.96. The zero-order chi connectivity index (χ0) is 13.1. The molecule has 1 unspecified atom stereocenters. The predicted octanol–water partition coefficient (Wildman–Crippen LogP) is 2.79. The number of rotatable bonds is 5. The summed E-state index contributed by atoms with van der Waals surface area (Å²) in [5, 5.41) is 10.4. The van der Waals surface area contributed by atoms with E-state index in [0.29, 0.717) is 5.92 Å². The summed E-state index contributed by atoms with van der Waals surface area (Å²) < 4.78 is 0. The van der Waals surface area contributed by atoms with Crippen molar-refractivity contribution in [3.63, 3.8) is 0 Å². The van der Waals surface area contributed by atoms with Crippen molar-refractivity contribution in [2.75, 3.05) is 25.0 Å². The van der Waals surface area contributed by atoms with Gasteiger partial charge < -0.3 is 10.6 Å². The highest BCUT2D eigenvalue weighted by Crippen LogP contribution is 2.30. The standard InChI is InChI=1S/C15H19N3S/c1-11-10-19-15(18-11)6-7-16-8-12-9-17-14-5-3-2-4-13(12)14/h2-5,10,12,16-17H,6-9H2,1H3. The van der Waals surface area contributed by atoms with Crippen LogP contribution in [0.3, 0.4) is 0 Å². The topological polar surface area (TPSA) is 37.0 Å². The van der Waals surface area contributed by atoms with E-state index < -0.39 is 0 Å². The van der Waals surface area contributed by atoms with Gasteiger partial charge in [-0.2, -0.15) is 0 Å². The largest absolute Gasteiger partial charge is 0.384 e. The molecule has 0 amide bonds. The van der Waals surface area contributed by atoms with Crippen molar-refractivity contribution < 1.29 is 0 Å². The monoisotopic (exact) mass is 273 g/mol. The van der Waals surface area contributed by atoms with Crippen molar-refractivity contribution >= 4 is 17.0 Å². The van der Waals surface area contributed by atoms with Gasteiger partial charge in [0, 0.05) is 48.7 Å². The summed E-state index contributed by atoms with van der Waals surface area (Å²) >= 11 is 1.76. The Bertz CT molecular complexity index is 550. The van der Waals surface area contributed by atoms with Gasteiger partial charge in [-0.25, -0.2) is 4.98 Å². The lowest BCUT2D eigenvalue weighted by atomic mass is 10.0. The highest BCUT2D eigenvalue weighted by molar-refractivity contribution is 7.09. The number of hydrogen-bond acceptors (Lipinski definition) is 4. The molecule has 0 fully saturated rings. The number of nitrogens with one attached hydrogen (secondary N) is 2. The van der Waals surface area contributed by atoms with Crippen LogP contribution in [-0.2, 0) is 6.42 Å². The molecule has 3 rings (SSSR count). The molecule has 1 aliphatic heterocycles. The highest BCUT2D eigenvalue weighted by atomic mass is 32.1. The van der Waals surface area contributed by atoms with Gasteiger partial charge in [-0.3, -0.25) is 0 Å². The molecule has 0 spiro atoms. The zero-order valence-corrected chi connectivity index (χ0v) is 12.0. The summed E-state index contributed by atoms with van der Waals surface area (Å²) in [5.74, 6) is 0.592. The van der Waals surface area contributed by atoms with E-state index in [9.17, 15) is 0 Å². The molecule has 2 aromatic rings. The van der Waals surface area contributed by atoms with E-state index >= 15 is 0 Å². The van der Waals surface area contributed by atoms with Crippen LogP contribution in [0.2, 0.25) is 0 Å². The number of hydrogen-bond donors (Lipinski definition) is 2. The van der Waals surface area contributed by atoms with Crippen molar-refractivity contribution in [2.45, 2.75) is 19.3 Å². The average molecular weight is 273 g/mol. The van der Waals surface area contributed by atoms with Crippen molar-refractivity contribution in [1.82, 2.24) is 10.3 Å². The molecule has 1 atom stereocenters. The van der Waals surface area contributed by atoms with Gasteiger partial charge in [0.15, 0.2) is 0 Å². The third-order valence-corrected chi connectivity index (χ3v) is 4.54. The Balaban J connectivity index is 1.46. The Morgan fingerprint density at radius 1 is 1.42 bits per heavy atom. The molecule has 19 heavy (non-hydrogen) atoms. The fraction of sp³-hybridized carbons (Fsp3) is 0.400. The minimum absolute atomic E-state index is 0.592. The normalized spacial score (nSPS) is 17.2. The van der Waals surface area contributed by atoms with Crippen LogP contribution in [-0.4, -0.2) is 24.6 Å². The summed E-state index contributed by atoms with van der Waals surface area (Å²) in [6.07, 6.45) is 1.03.